The van der Waals surface area contributed by atoms with E-state index in [1.54, 1.807) is 6.08 Å². The maximum atomic E-state index is 11.7. The van der Waals surface area contributed by atoms with Gasteiger partial charge in [-0.25, -0.2) is 4.79 Å². The number of benzene rings is 1. The quantitative estimate of drug-likeness (QED) is 0.458. The zero-order valence-corrected chi connectivity index (χ0v) is 9.41. The Hall–Kier alpha value is -2.49. The molecule has 2 rings (SSSR count). The van der Waals surface area contributed by atoms with Crippen molar-refractivity contribution in [3.8, 4) is 0 Å². The first kappa shape index (κ1) is 12.0. The van der Waals surface area contributed by atoms with Gasteiger partial charge in [-0.1, -0.05) is 42.5 Å². The van der Waals surface area contributed by atoms with E-state index in [1.165, 1.54) is 12.2 Å². The molecule has 0 N–H and O–H groups in total. The van der Waals surface area contributed by atoms with E-state index < -0.39 is 23.6 Å². The summed E-state index contributed by atoms with van der Waals surface area (Å²) in [5.74, 6) is -3.00. The summed E-state index contributed by atoms with van der Waals surface area (Å²) in [7, 11) is 0. The number of cyclic esters (lactones) is 2. The Morgan fingerprint density at radius 3 is 2.56 bits per heavy atom. The molecule has 1 aliphatic heterocycles. The number of carbonyl (C=O) groups excluding carboxylic acids is 3. The number of carbonyl (C=O) groups is 3. The highest BCUT2D eigenvalue weighted by Gasteiger charge is 2.28. The fourth-order valence-corrected chi connectivity index (χ4v) is 1.51. The summed E-state index contributed by atoms with van der Waals surface area (Å²) >= 11 is 0. The second kappa shape index (κ2) is 5.23. The van der Waals surface area contributed by atoms with Crippen molar-refractivity contribution in [1.29, 1.82) is 0 Å². The van der Waals surface area contributed by atoms with Crippen molar-refractivity contribution in [2.24, 2.45) is 5.92 Å². The Balaban J connectivity index is 2.09. The van der Waals surface area contributed by atoms with Crippen molar-refractivity contribution >= 4 is 23.8 Å². The normalized spacial score (nSPS) is 19.0. The van der Waals surface area contributed by atoms with E-state index >= 15 is 0 Å². The Morgan fingerprint density at radius 1 is 1.17 bits per heavy atom. The van der Waals surface area contributed by atoms with Crippen molar-refractivity contribution in [1.82, 2.24) is 0 Å². The summed E-state index contributed by atoms with van der Waals surface area (Å²) in [6, 6.07) is 9.23. The summed E-state index contributed by atoms with van der Waals surface area (Å²) < 4.78 is 4.35. The monoisotopic (exact) mass is 242 g/mol. The molecular weight excluding hydrogens is 232 g/mol. The molecule has 0 saturated carbocycles. The average Bonchev–Trinajstić information content (AvgIpc) is 2.37. The summed E-state index contributed by atoms with van der Waals surface area (Å²) in [5, 5.41) is 0. The number of hydrogen-bond donors (Lipinski definition) is 0. The third kappa shape index (κ3) is 2.79. The predicted octanol–water partition coefficient (Wildman–Crippen LogP) is 1.52. The molecule has 90 valence electrons. The Kier molecular flexibility index (Phi) is 3.48. The molecule has 18 heavy (non-hydrogen) atoms. The third-order valence-corrected chi connectivity index (χ3v) is 2.43. The van der Waals surface area contributed by atoms with Gasteiger partial charge in [0, 0.05) is 6.08 Å². The fraction of sp³-hybridized carbons (Fsp3) is 0.0714. The van der Waals surface area contributed by atoms with Gasteiger partial charge in [0.1, 0.15) is 5.92 Å². The number of allylic oxidation sites excluding steroid dienone is 1. The van der Waals surface area contributed by atoms with Crippen molar-refractivity contribution in [3.63, 3.8) is 0 Å². The highest BCUT2D eigenvalue weighted by atomic mass is 16.6. The molecule has 0 bridgehead atoms. The van der Waals surface area contributed by atoms with Crippen molar-refractivity contribution in [2.75, 3.05) is 0 Å². The van der Waals surface area contributed by atoms with Gasteiger partial charge in [0.05, 0.1) is 0 Å². The van der Waals surface area contributed by atoms with Crippen LogP contribution in [0.15, 0.2) is 48.6 Å². The molecule has 0 amide bonds. The highest BCUT2D eigenvalue weighted by molar-refractivity contribution is 6.12. The SMILES string of the molecule is O=C1C=CC(C(=O)C=Cc2ccccc2)C(=O)O1. The summed E-state index contributed by atoms with van der Waals surface area (Å²) in [6.07, 6.45) is 5.26. The van der Waals surface area contributed by atoms with Crippen LogP contribution in [0.25, 0.3) is 6.08 Å². The molecule has 1 aromatic carbocycles. The van der Waals surface area contributed by atoms with Crippen molar-refractivity contribution in [3.05, 3.63) is 54.1 Å². The second-order valence-corrected chi connectivity index (χ2v) is 3.72. The topological polar surface area (TPSA) is 60.4 Å². The number of ketones is 1. The Bertz CT molecular complexity index is 540. The number of hydrogen-bond acceptors (Lipinski definition) is 4. The molecule has 0 aliphatic carbocycles. The maximum absolute atomic E-state index is 11.7. The second-order valence-electron chi connectivity index (χ2n) is 3.72. The summed E-state index contributed by atoms with van der Waals surface area (Å²) in [6.45, 7) is 0. The molecule has 4 nitrogen and oxygen atoms in total. The Morgan fingerprint density at radius 2 is 1.89 bits per heavy atom. The third-order valence-electron chi connectivity index (χ3n) is 2.43. The van der Waals surface area contributed by atoms with E-state index in [2.05, 4.69) is 4.74 Å². The van der Waals surface area contributed by atoms with Crippen LogP contribution in [0.5, 0.6) is 0 Å². The van der Waals surface area contributed by atoms with Gasteiger partial charge in [-0.05, 0) is 11.6 Å². The molecular formula is C14H10O4. The zero-order valence-electron chi connectivity index (χ0n) is 9.41. The molecule has 0 radical (unpaired) electrons. The molecule has 0 saturated heterocycles. The first-order chi connectivity index (χ1) is 8.66. The fourth-order valence-electron chi connectivity index (χ4n) is 1.51. The van der Waals surface area contributed by atoms with Crippen LogP contribution in [-0.2, 0) is 19.1 Å². The van der Waals surface area contributed by atoms with Gasteiger partial charge in [-0.2, -0.15) is 0 Å². The van der Waals surface area contributed by atoms with Crippen LogP contribution in [-0.4, -0.2) is 17.7 Å². The van der Waals surface area contributed by atoms with Crippen LogP contribution in [0.1, 0.15) is 5.56 Å². The van der Waals surface area contributed by atoms with E-state index in [-0.39, 0.29) is 0 Å². The summed E-state index contributed by atoms with van der Waals surface area (Å²) in [4.78, 5) is 33.8. The van der Waals surface area contributed by atoms with Gasteiger partial charge in [0.25, 0.3) is 0 Å². The van der Waals surface area contributed by atoms with E-state index in [0.717, 1.165) is 11.6 Å². The molecule has 0 fully saturated rings. The molecule has 4 heteroatoms. The van der Waals surface area contributed by atoms with E-state index in [1.807, 2.05) is 30.3 Å². The zero-order chi connectivity index (χ0) is 13.0. The minimum Gasteiger partial charge on any atom is -0.389 e. The van der Waals surface area contributed by atoms with Gasteiger partial charge in [-0.15, -0.1) is 0 Å². The molecule has 1 unspecified atom stereocenters. The molecule has 0 aromatic heterocycles. The van der Waals surface area contributed by atoms with Gasteiger partial charge in [-0.3, -0.25) is 9.59 Å². The van der Waals surface area contributed by atoms with Crippen LogP contribution in [0.2, 0.25) is 0 Å². The van der Waals surface area contributed by atoms with Gasteiger partial charge >= 0.3 is 11.9 Å². The first-order valence-corrected chi connectivity index (χ1v) is 5.37. The number of esters is 2. The van der Waals surface area contributed by atoms with Gasteiger partial charge in [0.15, 0.2) is 5.78 Å². The van der Waals surface area contributed by atoms with Gasteiger partial charge in [0.2, 0.25) is 0 Å². The maximum Gasteiger partial charge on any atom is 0.338 e. The van der Waals surface area contributed by atoms with Crippen LogP contribution >= 0.6 is 0 Å². The molecule has 1 aromatic rings. The minimum atomic E-state index is -1.03. The lowest BCUT2D eigenvalue weighted by Gasteiger charge is -2.11. The van der Waals surface area contributed by atoms with Crippen LogP contribution in [0, 0.1) is 5.92 Å². The van der Waals surface area contributed by atoms with Crippen LogP contribution < -0.4 is 0 Å². The Labute approximate surface area is 104 Å². The molecule has 1 heterocycles. The molecule has 1 atom stereocenters. The van der Waals surface area contributed by atoms with Gasteiger partial charge < -0.3 is 4.74 Å². The van der Waals surface area contributed by atoms with Crippen molar-refractivity contribution < 1.29 is 19.1 Å². The van der Waals surface area contributed by atoms with Crippen LogP contribution in [0.3, 0.4) is 0 Å². The largest absolute Gasteiger partial charge is 0.389 e. The van der Waals surface area contributed by atoms with E-state index in [4.69, 9.17) is 0 Å². The molecule has 1 aliphatic rings. The lowest BCUT2D eigenvalue weighted by molar-refractivity contribution is -0.160. The van der Waals surface area contributed by atoms with E-state index in [9.17, 15) is 14.4 Å². The van der Waals surface area contributed by atoms with Crippen molar-refractivity contribution in [2.45, 2.75) is 0 Å². The average molecular weight is 242 g/mol. The number of rotatable bonds is 3. The van der Waals surface area contributed by atoms with E-state index in [0.29, 0.717) is 0 Å². The predicted molar refractivity (Wildman–Crippen MR) is 64.2 cm³/mol. The lowest BCUT2D eigenvalue weighted by Crippen LogP contribution is -2.28. The number of ether oxygens (including phenoxy) is 1. The smallest absolute Gasteiger partial charge is 0.338 e. The molecule has 0 spiro atoms. The highest BCUT2D eigenvalue weighted by Crippen LogP contribution is 2.12. The van der Waals surface area contributed by atoms with Crippen LogP contribution in [0.4, 0.5) is 0 Å². The minimum absolute atomic E-state index is 0.410. The first-order valence-electron chi connectivity index (χ1n) is 5.37. The summed E-state index contributed by atoms with van der Waals surface area (Å²) in [5.41, 5.74) is 0.857. The lowest BCUT2D eigenvalue weighted by atomic mass is 10.0. The standard InChI is InChI=1S/C14H10O4/c15-12(8-6-10-4-2-1-3-5-10)11-7-9-13(16)18-14(11)17/h1-9,11H.